The first-order chi connectivity index (χ1) is 19.4. The van der Waals surface area contributed by atoms with Gasteiger partial charge in [0.25, 0.3) is 0 Å². The largest absolute Gasteiger partial charge is 0.480 e. The molecule has 0 bridgehead atoms. The van der Waals surface area contributed by atoms with E-state index in [1.54, 1.807) is 0 Å². The van der Waals surface area contributed by atoms with E-state index >= 15 is 8.78 Å². The van der Waals surface area contributed by atoms with Gasteiger partial charge in [-0.15, -0.1) is 0 Å². The molecule has 1 heterocycles. The van der Waals surface area contributed by atoms with Crippen molar-refractivity contribution >= 4 is 23.1 Å². The maximum absolute atomic E-state index is 16.2. The molecule has 3 atom stereocenters. The fourth-order valence-corrected chi connectivity index (χ4v) is 6.30. The van der Waals surface area contributed by atoms with Crippen molar-refractivity contribution < 1.29 is 36.9 Å². The lowest BCUT2D eigenvalue weighted by atomic mass is 9.78. The highest BCUT2D eigenvalue weighted by molar-refractivity contribution is 6.33. The monoisotopic (exact) mass is 594 g/mol. The van der Waals surface area contributed by atoms with E-state index in [2.05, 4.69) is 10.1 Å². The SMILES string of the molecule is CC1(OC(F)F)C=CC(C(N)=O)=C(c2c(Cl)c(F)cc3c2C[C@@](CNC2CCC(O)CC2)(c2ccccc2)O3)C1F. The van der Waals surface area contributed by atoms with Crippen molar-refractivity contribution in [1.29, 1.82) is 0 Å². The molecule has 1 aliphatic heterocycles. The first-order valence-corrected chi connectivity index (χ1v) is 13.8. The molecule has 0 saturated heterocycles. The summed E-state index contributed by atoms with van der Waals surface area (Å²) < 4.78 is 69.2. The van der Waals surface area contributed by atoms with Crippen molar-refractivity contribution in [3.63, 3.8) is 0 Å². The lowest BCUT2D eigenvalue weighted by Gasteiger charge is -2.35. The van der Waals surface area contributed by atoms with Crippen molar-refractivity contribution in [3.05, 3.63) is 81.7 Å². The molecule has 1 fully saturated rings. The standard InChI is InChI=1S/C30H31ClF4N2O4/c1-29(41-28(34)35)12-11-19(27(36)39)24(26(29)33)23-20-14-30(16-5-3-2-4-6-16,40-22(20)13-21(32)25(23)31)15-37-17-7-9-18(38)10-8-17/h2-6,11-13,17-18,26,28,37-38H,7-10,14-15H2,1H3,(H2,36,39)/t17?,18?,26?,29?,30-/m1/s1. The van der Waals surface area contributed by atoms with E-state index in [4.69, 9.17) is 22.1 Å². The van der Waals surface area contributed by atoms with Crippen LogP contribution in [0, 0.1) is 5.82 Å². The van der Waals surface area contributed by atoms with Crippen LogP contribution in [0.1, 0.15) is 49.3 Å². The van der Waals surface area contributed by atoms with Gasteiger partial charge < -0.3 is 25.6 Å². The summed E-state index contributed by atoms with van der Waals surface area (Å²) in [6.07, 6.45) is 2.37. The summed E-state index contributed by atoms with van der Waals surface area (Å²) in [7, 11) is 0. The number of amides is 1. The third kappa shape index (κ3) is 5.62. The van der Waals surface area contributed by atoms with E-state index in [1.807, 2.05) is 30.3 Å². The van der Waals surface area contributed by atoms with Crippen LogP contribution in [0.5, 0.6) is 5.75 Å². The maximum atomic E-state index is 16.2. The van der Waals surface area contributed by atoms with Crippen molar-refractivity contribution in [2.75, 3.05) is 6.54 Å². The predicted octanol–water partition coefficient (Wildman–Crippen LogP) is 5.35. The number of halogens is 5. The summed E-state index contributed by atoms with van der Waals surface area (Å²) in [4.78, 5) is 12.4. The number of aliphatic hydroxyl groups excluding tert-OH is 1. The van der Waals surface area contributed by atoms with E-state index in [9.17, 15) is 18.7 Å². The molecule has 41 heavy (non-hydrogen) atoms. The number of benzene rings is 2. The van der Waals surface area contributed by atoms with Gasteiger partial charge in [0, 0.05) is 47.3 Å². The van der Waals surface area contributed by atoms with Crippen LogP contribution in [-0.4, -0.2) is 48.1 Å². The van der Waals surface area contributed by atoms with E-state index in [0.717, 1.165) is 43.5 Å². The van der Waals surface area contributed by atoms with E-state index < -0.39 is 46.3 Å². The molecule has 2 aromatic rings. The fraction of sp³-hybridized carbons (Fsp3) is 0.433. The summed E-state index contributed by atoms with van der Waals surface area (Å²) in [6, 6.07) is 10.4. The lowest BCUT2D eigenvalue weighted by molar-refractivity contribution is -0.198. The van der Waals surface area contributed by atoms with Gasteiger partial charge in [-0.2, -0.15) is 8.78 Å². The summed E-state index contributed by atoms with van der Waals surface area (Å²) in [5.41, 5.74) is 2.44. The van der Waals surface area contributed by atoms with Gasteiger partial charge in [0.15, 0.2) is 11.8 Å². The van der Waals surface area contributed by atoms with Crippen LogP contribution in [0.2, 0.25) is 5.02 Å². The molecule has 4 N–H and O–H groups in total. The quantitative estimate of drug-likeness (QED) is 0.359. The van der Waals surface area contributed by atoms with Gasteiger partial charge in [-0.05, 0) is 44.2 Å². The zero-order valence-electron chi connectivity index (χ0n) is 22.3. The molecule has 5 rings (SSSR count). The number of carbonyl (C=O) groups is 1. The summed E-state index contributed by atoms with van der Waals surface area (Å²) in [6.45, 7) is -1.94. The number of hydrogen-bond donors (Lipinski definition) is 3. The van der Waals surface area contributed by atoms with Crippen LogP contribution in [0.4, 0.5) is 17.6 Å². The topological polar surface area (TPSA) is 93.8 Å². The molecular formula is C30H31ClF4N2O4. The maximum Gasteiger partial charge on any atom is 0.346 e. The molecule has 0 radical (unpaired) electrons. The first-order valence-electron chi connectivity index (χ1n) is 13.4. The minimum atomic E-state index is -3.32. The molecule has 11 heteroatoms. The number of nitrogens with one attached hydrogen (secondary N) is 1. The number of alkyl halides is 3. The third-order valence-corrected chi connectivity index (χ3v) is 8.60. The molecule has 2 unspecified atom stereocenters. The number of primary amides is 1. The summed E-state index contributed by atoms with van der Waals surface area (Å²) >= 11 is 6.46. The lowest BCUT2D eigenvalue weighted by Crippen LogP contribution is -2.47. The zero-order chi connectivity index (χ0) is 29.5. The second-order valence-corrected chi connectivity index (χ2v) is 11.4. The molecular weight excluding hydrogens is 564 g/mol. The third-order valence-electron chi connectivity index (χ3n) is 8.23. The Kier molecular flexibility index (Phi) is 8.22. The first kappa shape index (κ1) is 29.6. The smallest absolute Gasteiger partial charge is 0.346 e. The van der Waals surface area contributed by atoms with Gasteiger partial charge in [-0.1, -0.05) is 48.0 Å². The molecule has 0 aromatic heterocycles. The van der Waals surface area contributed by atoms with Crippen molar-refractivity contribution in [1.82, 2.24) is 5.32 Å². The molecule has 2 aliphatic carbocycles. The van der Waals surface area contributed by atoms with Gasteiger partial charge in [-0.3, -0.25) is 4.79 Å². The van der Waals surface area contributed by atoms with Crippen molar-refractivity contribution in [3.8, 4) is 5.75 Å². The number of nitrogens with two attached hydrogens (primary N) is 1. The van der Waals surface area contributed by atoms with Crippen LogP contribution in [0.25, 0.3) is 5.57 Å². The molecule has 2 aromatic carbocycles. The van der Waals surface area contributed by atoms with Gasteiger partial charge in [0.2, 0.25) is 5.91 Å². The van der Waals surface area contributed by atoms with Gasteiger partial charge >= 0.3 is 6.61 Å². The van der Waals surface area contributed by atoms with Crippen molar-refractivity contribution in [2.45, 2.75) is 75.2 Å². The van der Waals surface area contributed by atoms with Gasteiger partial charge in [0.1, 0.15) is 17.2 Å². The van der Waals surface area contributed by atoms with E-state index in [0.29, 0.717) is 18.4 Å². The Balaban J connectivity index is 1.61. The highest BCUT2D eigenvalue weighted by Gasteiger charge is 2.48. The number of carbonyl (C=O) groups excluding carboxylic acids is 1. The predicted molar refractivity (Wildman–Crippen MR) is 146 cm³/mol. The molecule has 1 amide bonds. The Morgan fingerprint density at radius 3 is 2.56 bits per heavy atom. The highest BCUT2D eigenvalue weighted by atomic mass is 35.5. The number of ether oxygens (including phenoxy) is 2. The van der Waals surface area contributed by atoms with Gasteiger partial charge in [0.05, 0.1) is 11.1 Å². The van der Waals surface area contributed by atoms with Crippen molar-refractivity contribution in [2.24, 2.45) is 5.73 Å². The van der Waals surface area contributed by atoms with Crippen LogP contribution >= 0.6 is 11.6 Å². The summed E-state index contributed by atoms with van der Waals surface area (Å²) in [5.74, 6) is -1.89. The van der Waals surface area contributed by atoms with Gasteiger partial charge in [-0.25, -0.2) is 8.78 Å². The number of fused-ring (bicyclic) bond motifs is 1. The Hall–Kier alpha value is -2.92. The average molecular weight is 595 g/mol. The normalized spacial score (nSPS) is 29.5. The second-order valence-electron chi connectivity index (χ2n) is 11.0. The minimum absolute atomic E-state index is 0.0844. The molecule has 220 valence electrons. The van der Waals surface area contributed by atoms with Crippen LogP contribution in [0.3, 0.4) is 0 Å². The minimum Gasteiger partial charge on any atom is -0.480 e. The van der Waals surface area contributed by atoms with Crippen LogP contribution < -0.4 is 15.8 Å². The number of rotatable bonds is 8. The highest BCUT2D eigenvalue weighted by Crippen LogP contribution is 2.51. The summed E-state index contributed by atoms with van der Waals surface area (Å²) in [5, 5.41) is 12.9. The van der Waals surface area contributed by atoms with E-state index in [1.165, 1.54) is 0 Å². The molecule has 6 nitrogen and oxygen atoms in total. The molecule has 3 aliphatic rings. The number of hydrogen-bond acceptors (Lipinski definition) is 5. The number of aliphatic hydroxyl groups is 1. The fourth-order valence-electron chi connectivity index (χ4n) is 6.03. The van der Waals surface area contributed by atoms with Crippen LogP contribution in [0.15, 0.2) is 54.1 Å². The Morgan fingerprint density at radius 2 is 1.93 bits per heavy atom. The molecule has 1 saturated carbocycles. The van der Waals surface area contributed by atoms with Crippen LogP contribution in [-0.2, 0) is 21.6 Å². The Morgan fingerprint density at radius 1 is 1.24 bits per heavy atom. The zero-order valence-corrected chi connectivity index (χ0v) is 23.1. The molecule has 0 spiro atoms. The average Bonchev–Trinajstić information content (AvgIpc) is 3.30. The van der Waals surface area contributed by atoms with E-state index in [-0.39, 0.29) is 42.0 Å². The Bertz CT molecular complexity index is 1380. The second kappa shape index (κ2) is 11.4. The Labute approximate surface area is 240 Å².